The number of nitrogens with zero attached hydrogens (tertiary/aromatic N) is 1. The Bertz CT molecular complexity index is 543. The van der Waals surface area contributed by atoms with Crippen molar-refractivity contribution in [2.75, 3.05) is 11.1 Å². The molecule has 0 aliphatic heterocycles. The molecular weight excluding hydrogens is 238 g/mol. The number of carbonyl (C=O) groups is 1. The summed E-state index contributed by atoms with van der Waals surface area (Å²) in [5, 5.41) is 3.21. The van der Waals surface area contributed by atoms with Crippen LogP contribution < -0.4 is 11.1 Å². The monoisotopic (exact) mass is 247 g/mol. The zero-order chi connectivity index (χ0) is 12.3. The molecule has 2 aromatic rings. The third-order valence-electron chi connectivity index (χ3n) is 2.21. The van der Waals surface area contributed by atoms with Gasteiger partial charge < -0.3 is 11.1 Å². The Kier molecular flexibility index (Phi) is 3.25. The molecule has 0 saturated heterocycles. The lowest BCUT2D eigenvalue weighted by Crippen LogP contribution is -2.13. The van der Waals surface area contributed by atoms with Gasteiger partial charge in [-0.05, 0) is 30.3 Å². The molecule has 0 aliphatic carbocycles. The standard InChI is InChI=1S/C12H10ClN3O/c13-9-1-2-10(14)11(7-9)16-12(17)8-3-5-15-6-4-8/h1-7H,14H2,(H,16,17). The number of anilines is 2. The highest BCUT2D eigenvalue weighted by molar-refractivity contribution is 6.31. The molecule has 17 heavy (non-hydrogen) atoms. The lowest BCUT2D eigenvalue weighted by Gasteiger charge is -2.08. The highest BCUT2D eigenvalue weighted by atomic mass is 35.5. The molecule has 5 heteroatoms. The van der Waals surface area contributed by atoms with E-state index in [-0.39, 0.29) is 5.91 Å². The lowest BCUT2D eigenvalue weighted by molar-refractivity contribution is 0.102. The molecule has 1 aromatic carbocycles. The average molecular weight is 248 g/mol. The predicted octanol–water partition coefficient (Wildman–Crippen LogP) is 2.57. The first-order valence-corrected chi connectivity index (χ1v) is 5.31. The van der Waals surface area contributed by atoms with Crippen molar-refractivity contribution in [2.24, 2.45) is 0 Å². The Hall–Kier alpha value is -2.07. The quantitative estimate of drug-likeness (QED) is 0.802. The summed E-state index contributed by atoms with van der Waals surface area (Å²) in [4.78, 5) is 15.7. The van der Waals surface area contributed by atoms with Gasteiger partial charge in [-0.1, -0.05) is 11.6 Å². The Morgan fingerprint density at radius 2 is 1.94 bits per heavy atom. The first-order valence-electron chi connectivity index (χ1n) is 4.93. The van der Waals surface area contributed by atoms with E-state index in [9.17, 15) is 4.79 Å². The van der Waals surface area contributed by atoms with Crippen molar-refractivity contribution in [3.8, 4) is 0 Å². The number of nitrogens with two attached hydrogens (primary N) is 1. The molecule has 1 heterocycles. The summed E-state index contributed by atoms with van der Waals surface area (Å²) < 4.78 is 0. The van der Waals surface area contributed by atoms with E-state index in [0.717, 1.165) is 0 Å². The number of hydrogen-bond donors (Lipinski definition) is 2. The Morgan fingerprint density at radius 3 is 2.65 bits per heavy atom. The fourth-order valence-electron chi connectivity index (χ4n) is 1.33. The van der Waals surface area contributed by atoms with Gasteiger partial charge in [0.2, 0.25) is 0 Å². The maximum absolute atomic E-state index is 11.8. The van der Waals surface area contributed by atoms with Crippen molar-refractivity contribution >= 4 is 28.9 Å². The van der Waals surface area contributed by atoms with Crippen LogP contribution in [0.4, 0.5) is 11.4 Å². The molecule has 0 saturated carbocycles. The number of nitrogens with one attached hydrogen (secondary N) is 1. The van der Waals surface area contributed by atoms with Crippen LogP contribution in [0, 0.1) is 0 Å². The molecular formula is C12H10ClN3O. The van der Waals surface area contributed by atoms with Gasteiger partial charge in [0.25, 0.3) is 5.91 Å². The SMILES string of the molecule is Nc1ccc(Cl)cc1NC(=O)c1ccncc1. The maximum atomic E-state index is 11.8. The summed E-state index contributed by atoms with van der Waals surface area (Å²) in [6, 6.07) is 8.16. The highest BCUT2D eigenvalue weighted by Crippen LogP contribution is 2.23. The maximum Gasteiger partial charge on any atom is 0.255 e. The van der Waals surface area contributed by atoms with E-state index in [4.69, 9.17) is 17.3 Å². The molecule has 3 N–H and O–H groups in total. The largest absolute Gasteiger partial charge is 0.397 e. The van der Waals surface area contributed by atoms with Gasteiger partial charge in [0, 0.05) is 23.0 Å². The number of aromatic nitrogens is 1. The summed E-state index contributed by atoms with van der Waals surface area (Å²) in [6.07, 6.45) is 3.10. The zero-order valence-corrected chi connectivity index (χ0v) is 9.61. The first kappa shape index (κ1) is 11.4. The second kappa shape index (κ2) is 4.84. The summed E-state index contributed by atoms with van der Waals surface area (Å²) >= 11 is 5.83. The summed E-state index contributed by atoms with van der Waals surface area (Å²) in [7, 11) is 0. The zero-order valence-electron chi connectivity index (χ0n) is 8.85. The van der Waals surface area contributed by atoms with Crippen LogP contribution in [0.3, 0.4) is 0 Å². The van der Waals surface area contributed by atoms with Crippen molar-refractivity contribution in [1.82, 2.24) is 4.98 Å². The number of nitrogen functional groups attached to an aromatic ring is 1. The Labute approximate surface area is 103 Å². The molecule has 0 bridgehead atoms. The predicted molar refractivity (Wildman–Crippen MR) is 68.1 cm³/mol. The molecule has 0 atom stereocenters. The van der Waals surface area contributed by atoms with E-state index < -0.39 is 0 Å². The minimum atomic E-state index is -0.249. The summed E-state index contributed by atoms with van der Waals surface area (Å²) in [6.45, 7) is 0. The normalized spacial score (nSPS) is 9.94. The minimum Gasteiger partial charge on any atom is -0.397 e. The molecule has 4 nitrogen and oxygen atoms in total. The smallest absolute Gasteiger partial charge is 0.255 e. The molecule has 0 fully saturated rings. The number of halogens is 1. The van der Waals surface area contributed by atoms with Crippen LogP contribution in [0.2, 0.25) is 5.02 Å². The van der Waals surface area contributed by atoms with Crippen LogP contribution in [-0.2, 0) is 0 Å². The van der Waals surface area contributed by atoms with Crippen molar-refractivity contribution in [3.05, 3.63) is 53.3 Å². The van der Waals surface area contributed by atoms with Crippen LogP contribution in [0.15, 0.2) is 42.7 Å². The number of benzene rings is 1. The van der Waals surface area contributed by atoms with E-state index in [2.05, 4.69) is 10.3 Å². The lowest BCUT2D eigenvalue weighted by atomic mass is 10.2. The van der Waals surface area contributed by atoms with Crippen molar-refractivity contribution in [2.45, 2.75) is 0 Å². The Balaban J connectivity index is 2.22. The average Bonchev–Trinajstić information content (AvgIpc) is 2.35. The van der Waals surface area contributed by atoms with Crippen LogP contribution in [0.25, 0.3) is 0 Å². The summed E-state index contributed by atoms with van der Waals surface area (Å²) in [5.41, 5.74) is 7.21. The number of hydrogen-bond acceptors (Lipinski definition) is 3. The van der Waals surface area contributed by atoms with Crippen LogP contribution in [0.5, 0.6) is 0 Å². The third-order valence-corrected chi connectivity index (χ3v) is 2.44. The van der Waals surface area contributed by atoms with Gasteiger partial charge in [0.05, 0.1) is 11.4 Å². The molecule has 1 amide bonds. The van der Waals surface area contributed by atoms with Crippen molar-refractivity contribution < 1.29 is 4.79 Å². The molecule has 0 spiro atoms. The molecule has 2 rings (SSSR count). The van der Waals surface area contributed by atoms with E-state index in [1.165, 1.54) is 0 Å². The molecule has 86 valence electrons. The summed E-state index contributed by atoms with van der Waals surface area (Å²) in [5.74, 6) is -0.249. The van der Waals surface area contributed by atoms with Gasteiger partial charge in [0.1, 0.15) is 0 Å². The van der Waals surface area contributed by atoms with Gasteiger partial charge in [-0.2, -0.15) is 0 Å². The molecule has 1 aromatic heterocycles. The van der Waals surface area contributed by atoms with E-state index in [0.29, 0.717) is 22.0 Å². The third kappa shape index (κ3) is 2.73. The van der Waals surface area contributed by atoms with E-state index in [1.54, 1.807) is 42.7 Å². The number of rotatable bonds is 2. The van der Waals surface area contributed by atoms with Crippen LogP contribution >= 0.6 is 11.6 Å². The number of amides is 1. The highest BCUT2D eigenvalue weighted by Gasteiger charge is 2.07. The number of carbonyl (C=O) groups excluding carboxylic acids is 1. The van der Waals surface area contributed by atoms with Gasteiger partial charge in [-0.15, -0.1) is 0 Å². The van der Waals surface area contributed by atoms with Gasteiger partial charge in [-0.3, -0.25) is 9.78 Å². The topological polar surface area (TPSA) is 68.0 Å². The second-order valence-corrected chi connectivity index (χ2v) is 3.86. The van der Waals surface area contributed by atoms with Gasteiger partial charge >= 0.3 is 0 Å². The fourth-order valence-corrected chi connectivity index (χ4v) is 1.51. The van der Waals surface area contributed by atoms with Crippen LogP contribution in [-0.4, -0.2) is 10.9 Å². The minimum absolute atomic E-state index is 0.249. The number of pyridine rings is 1. The van der Waals surface area contributed by atoms with Crippen LogP contribution in [0.1, 0.15) is 10.4 Å². The van der Waals surface area contributed by atoms with E-state index in [1.807, 2.05) is 0 Å². The van der Waals surface area contributed by atoms with Crippen molar-refractivity contribution in [3.63, 3.8) is 0 Å². The molecule has 0 aliphatic rings. The second-order valence-electron chi connectivity index (χ2n) is 3.42. The van der Waals surface area contributed by atoms with Gasteiger partial charge in [0.15, 0.2) is 0 Å². The van der Waals surface area contributed by atoms with E-state index >= 15 is 0 Å². The van der Waals surface area contributed by atoms with Gasteiger partial charge in [-0.25, -0.2) is 0 Å². The van der Waals surface area contributed by atoms with Crippen molar-refractivity contribution in [1.29, 1.82) is 0 Å². The fraction of sp³-hybridized carbons (Fsp3) is 0. The first-order chi connectivity index (χ1) is 8.16. The Morgan fingerprint density at radius 1 is 1.24 bits per heavy atom. The molecule has 0 unspecified atom stereocenters. The molecule has 0 radical (unpaired) electrons.